The molecule has 2 aromatic carbocycles. The summed E-state index contributed by atoms with van der Waals surface area (Å²) in [6.07, 6.45) is 0. The van der Waals surface area contributed by atoms with E-state index in [1.165, 1.54) is 24.3 Å². The van der Waals surface area contributed by atoms with Crippen LogP contribution in [0.2, 0.25) is 0 Å². The van der Waals surface area contributed by atoms with Crippen molar-refractivity contribution in [2.75, 3.05) is 32.8 Å². The van der Waals surface area contributed by atoms with Crippen molar-refractivity contribution in [2.45, 2.75) is 17.9 Å². The normalized spacial score (nSPS) is 16.4. The molecule has 0 spiro atoms. The van der Waals surface area contributed by atoms with Gasteiger partial charge in [0.2, 0.25) is 10.0 Å². The first-order valence-corrected chi connectivity index (χ1v) is 10.8. The van der Waals surface area contributed by atoms with Gasteiger partial charge in [0.1, 0.15) is 5.82 Å². The third kappa shape index (κ3) is 5.39. The molecule has 0 saturated carbocycles. The number of morpholine rings is 1. The molecule has 1 fully saturated rings. The Morgan fingerprint density at radius 1 is 1.21 bits per heavy atom. The van der Waals surface area contributed by atoms with Crippen LogP contribution in [-0.2, 0) is 14.8 Å². The summed E-state index contributed by atoms with van der Waals surface area (Å²) in [5.74, 6) is -0.720. The highest BCUT2D eigenvalue weighted by Crippen LogP contribution is 2.22. The van der Waals surface area contributed by atoms with Gasteiger partial charge in [-0.05, 0) is 42.3 Å². The van der Waals surface area contributed by atoms with E-state index in [4.69, 9.17) is 9.88 Å². The van der Waals surface area contributed by atoms with E-state index in [0.717, 1.165) is 5.56 Å². The van der Waals surface area contributed by atoms with E-state index in [-0.39, 0.29) is 28.9 Å². The molecule has 1 unspecified atom stereocenters. The van der Waals surface area contributed by atoms with Crippen molar-refractivity contribution in [1.82, 2.24) is 10.2 Å². The molecule has 1 aliphatic heterocycles. The minimum absolute atomic E-state index is 0.114. The number of nitrogens with one attached hydrogen (secondary N) is 1. The van der Waals surface area contributed by atoms with E-state index < -0.39 is 15.9 Å². The number of nitrogens with zero attached hydrogens (tertiary/aromatic N) is 1. The van der Waals surface area contributed by atoms with Gasteiger partial charge in [-0.2, -0.15) is 0 Å². The van der Waals surface area contributed by atoms with Crippen LogP contribution in [0, 0.1) is 12.7 Å². The zero-order chi connectivity index (χ0) is 21.0. The molecule has 0 radical (unpaired) electrons. The smallest absolute Gasteiger partial charge is 0.251 e. The molecular weight excluding hydrogens is 397 g/mol. The van der Waals surface area contributed by atoms with Gasteiger partial charge in [-0.15, -0.1) is 0 Å². The van der Waals surface area contributed by atoms with Gasteiger partial charge < -0.3 is 10.1 Å². The van der Waals surface area contributed by atoms with Gasteiger partial charge in [-0.3, -0.25) is 9.69 Å². The molecule has 156 valence electrons. The molecule has 1 aliphatic rings. The van der Waals surface area contributed by atoms with Crippen LogP contribution in [0.3, 0.4) is 0 Å². The van der Waals surface area contributed by atoms with E-state index >= 15 is 0 Å². The van der Waals surface area contributed by atoms with Crippen LogP contribution in [0.4, 0.5) is 4.39 Å². The summed E-state index contributed by atoms with van der Waals surface area (Å²) in [5, 5.41) is 8.05. The third-order valence-electron chi connectivity index (χ3n) is 4.98. The minimum atomic E-state index is -3.91. The van der Waals surface area contributed by atoms with Crippen molar-refractivity contribution in [3.63, 3.8) is 0 Å². The van der Waals surface area contributed by atoms with Crippen LogP contribution in [0.15, 0.2) is 47.4 Å². The molecule has 7 nitrogen and oxygen atoms in total. The number of benzene rings is 2. The Morgan fingerprint density at radius 2 is 1.86 bits per heavy atom. The number of hydrogen-bond acceptors (Lipinski definition) is 5. The van der Waals surface area contributed by atoms with E-state index in [2.05, 4.69) is 10.2 Å². The van der Waals surface area contributed by atoms with Crippen LogP contribution >= 0.6 is 0 Å². The number of primary sulfonamides is 1. The second kappa shape index (κ2) is 9.00. The molecule has 0 aromatic heterocycles. The van der Waals surface area contributed by atoms with E-state index in [1.807, 2.05) is 0 Å². The van der Waals surface area contributed by atoms with Crippen LogP contribution in [0.25, 0.3) is 0 Å². The predicted octanol–water partition coefficient (Wildman–Crippen LogP) is 1.58. The van der Waals surface area contributed by atoms with Crippen molar-refractivity contribution in [1.29, 1.82) is 0 Å². The van der Waals surface area contributed by atoms with Crippen LogP contribution < -0.4 is 10.5 Å². The van der Waals surface area contributed by atoms with Gasteiger partial charge in [0.25, 0.3) is 5.91 Å². The maximum absolute atomic E-state index is 13.3. The highest BCUT2D eigenvalue weighted by Gasteiger charge is 2.24. The molecule has 29 heavy (non-hydrogen) atoms. The van der Waals surface area contributed by atoms with Gasteiger partial charge in [0.05, 0.1) is 24.2 Å². The van der Waals surface area contributed by atoms with Crippen molar-refractivity contribution >= 4 is 15.9 Å². The fourth-order valence-corrected chi connectivity index (χ4v) is 3.88. The molecule has 0 aliphatic carbocycles. The Morgan fingerprint density at radius 3 is 2.48 bits per heavy atom. The number of carbonyl (C=O) groups excluding carboxylic acids is 1. The van der Waals surface area contributed by atoms with E-state index in [0.29, 0.717) is 31.9 Å². The Bertz CT molecular complexity index is 974. The zero-order valence-electron chi connectivity index (χ0n) is 16.1. The number of carbonyl (C=O) groups is 1. The number of hydrogen-bond donors (Lipinski definition) is 2. The van der Waals surface area contributed by atoms with Gasteiger partial charge in [0, 0.05) is 25.2 Å². The molecule has 1 amide bonds. The standard InChI is InChI=1S/C20H24FN3O4S/c1-14-2-7-17(29(22,26)27)12-18(14)20(25)23-13-19(24-8-10-28-11-9-24)15-3-5-16(21)6-4-15/h2-7,12,19H,8-11,13H2,1H3,(H,23,25)(H2,22,26,27). The monoisotopic (exact) mass is 421 g/mol. The highest BCUT2D eigenvalue weighted by atomic mass is 32.2. The number of nitrogens with two attached hydrogens (primary N) is 1. The Balaban J connectivity index is 1.80. The first kappa shape index (κ1) is 21.4. The molecule has 0 bridgehead atoms. The lowest BCUT2D eigenvalue weighted by Gasteiger charge is -2.35. The maximum Gasteiger partial charge on any atom is 0.251 e. The molecule has 3 N–H and O–H groups in total. The second-order valence-electron chi connectivity index (χ2n) is 6.95. The lowest BCUT2D eigenvalue weighted by atomic mass is 10.0. The Kier molecular flexibility index (Phi) is 6.63. The van der Waals surface area contributed by atoms with Crippen molar-refractivity contribution in [2.24, 2.45) is 5.14 Å². The topological polar surface area (TPSA) is 102 Å². The average molecular weight is 421 g/mol. The Hall–Kier alpha value is -2.33. The molecule has 1 heterocycles. The minimum Gasteiger partial charge on any atom is -0.379 e. The molecule has 2 aromatic rings. The summed E-state index contributed by atoms with van der Waals surface area (Å²) < 4.78 is 41.9. The molecule has 3 rings (SSSR count). The lowest BCUT2D eigenvalue weighted by Crippen LogP contribution is -2.43. The maximum atomic E-state index is 13.3. The van der Waals surface area contributed by atoms with Gasteiger partial charge >= 0.3 is 0 Å². The number of rotatable bonds is 6. The summed E-state index contributed by atoms with van der Waals surface area (Å²) in [4.78, 5) is 14.8. The zero-order valence-corrected chi connectivity index (χ0v) is 16.9. The molecule has 9 heteroatoms. The lowest BCUT2D eigenvalue weighted by molar-refractivity contribution is 0.0162. The summed E-state index contributed by atoms with van der Waals surface area (Å²) in [6.45, 7) is 4.56. The third-order valence-corrected chi connectivity index (χ3v) is 5.89. The van der Waals surface area contributed by atoms with Crippen molar-refractivity contribution in [3.8, 4) is 0 Å². The molecule has 1 saturated heterocycles. The van der Waals surface area contributed by atoms with Gasteiger partial charge in [-0.25, -0.2) is 17.9 Å². The summed E-state index contributed by atoms with van der Waals surface area (Å²) >= 11 is 0. The summed E-state index contributed by atoms with van der Waals surface area (Å²) in [6, 6.07) is 10.2. The largest absolute Gasteiger partial charge is 0.379 e. The quantitative estimate of drug-likeness (QED) is 0.738. The second-order valence-corrected chi connectivity index (χ2v) is 8.51. The van der Waals surface area contributed by atoms with Crippen LogP contribution in [0.5, 0.6) is 0 Å². The first-order chi connectivity index (χ1) is 13.8. The number of aryl methyl sites for hydroxylation is 1. The predicted molar refractivity (Wildman–Crippen MR) is 106 cm³/mol. The van der Waals surface area contributed by atoms with E-state index in [9.17, 15) is 17.6 Å². The van der Waals surface area contributed by atoms with Gasteiger partial charge in [-0.1, -0.05) is 18.2 Å². The highest BCUT2D eigenvalue weighted by molar-refractivity contribution is 7.89. The first-order valence-electron chi connectivity index (χ1n) is 9.24. The molecular formula is C20H24FN3O4S. The Labute approximate surface area is 169 Å². The average Bonchev–Trinajstić information content (AvgIpc) is 2.69. The molecule has 1 atom stereocenters. The van der Waals surface area contributed by atoms with Crippen LogP contribution in [-0.4, -0.2) is 52.1 Å². The summed E-state index contributed by atoms with van der Waals surface area (Å²) in [5.41, 5.74) is 1.76. The summed E-state index contributed by atoms with van der Waals surface area (Å²) in [7, 11) is -3.91. The fraction of sp³-hybridized carbons (Fsp3) is 0.350. The van der Waals surface area contributed by atoms with Gasteiger partial charge in [0.15, 0.2) is 0 Å². The SMILES string of the molecule is Cc1ccc(S(N)(=O)=O)cc1C(=O)NCC(c1ccc(F)cc1)N1CCOCC1. The number of halogens is 1. The van der Waals surface area contributed by atoms with Crippen molar-refractivity contribution < 1.29 is 22.3 Å². The van der Waals surface area contributed by atoms with Crippen LogP contribution in [0.1, 0.15) is 27.5 Å². The van der Waals surface area contributed by atoms with Crippen molar-refractivity contribution in [3.05, 3.63) is 65.0 Å². The van der Waals surface area contributed by atoms with E-state index in [1.54, 1.807) is 25.1 Å². The fourth-order valence-electron chi connectivity index (χ4n) is 3.34. The number of ether oxygens (including phenoxy) is 1. The number of amides is 1. The number of sulfonamides is 1.